The number of ketones is 1. The van der Waals surface area contributed by atoms with E-state index < -0.39 is 11.9 Å². The van der Waals surface area contributed by atoms with Crippen LogP contribution in [0.5, 0.6) is 0 Å². The highest BCUT2D eigenvalue weighted by molar-refractivity contribution is 5.78. The molecule has 0 amide bonds. The molecule has 0 radical (unpaired) electrons. The van der Waals surface area contributed by atoms with E-state index in [-0.39, 0.29) is 37.5 Å². The Morgan fingerprint density at radius 2 is 1.60 bits per heavy atom. The zero-order chi connectivity index (χ0) is 21.7. The van der Waals surface area contributed by atoms with E-state index in [1.807, 2.05) is 29.2 Å². The number of aromatic nitrogens is 2. The zero-order valence-corrected chi connectivity index (χ0v) is 17.1. The number of nitrogens with one attached hydrogen (secondary N) is 1. The van der Waals surface area contributed by atoms with Gasteiger partial charge < -0.3 is 15.2 Å². The fraction of sp³-hybridized carbons (Fsp3) is 0.524. The van der Waals surface area contributed by atoms with Crippen LogP contribution in [0, 0.1) is 0 Å². The lowest BCUT2D eigenvalue weighted by Gasteiger charge is -2.43. The average molecular weight is 416 g/mol. The largest absolute Gasteiger partial charge is 0.480 e. The van der Waals surface area contributed by atoms with Crippen LogP contribution >= 0.6 is 0 Å². The fourth-order valence-corrected chi connectivity index (χ4v) is 4.43. The first-order valence-corrected chi connectivity index (χ1v) is 10.2. The van der Waals surface area contributed by atoms with Crippen LogP contribution < -0.4 is 0 Å². The highest BCUT2D eigenvalue weighted by atomic mass is 16.4. The van der Waals surface area contributed by atoms with Crippen molar-refractivity contribution in [3.63, 3.8) is 0 Å². The van der Waals surface area contributed by atoms with Crippen molar-refractivity contribution in [3.05, 3.63) is 30.1 Å². The third-order valence-electron chi connectivity index (χ3n) is 5.53. The number of benzene rings is 1. The minimum absolute atomic E-state index is 0.0407. The van der Waals surface area contributed by atoms with E-state index in [9.17, 15) is 24.6 Å². The Morgan fingerprint density at radius 3 is 2.20 bits per heavy atom. The number of aliphatic carboxylic acids is 2. The molecular weight excluding hydrogens is 388 g/mol. The summed E-state index contributed by atoms with van der Waals surface area (Å²) in [6.45, 7) is 1.36. The summed E-state index contributed by atoms with van der Waals surface area (Å²) in [5.74, 6) is -1.39. The maximum atomic E-state index is 11.8. The van der Waals surface area contributed by atoms with E-state index in [1.54, 1.807) is 4.90 Å². The van der Waals surface area contributed by atoms with Gasteiger partial charge in [-0.2, -0.15) is 0 Å². The summed E-state index contributed by atoms with van der Waals surface area (Å²) in [6.07, 6.45) is 3.31. The van der Waals surface area contributed by atoms with Crippen molar-refractivity contribution in [2.24, 2.45) is 0 Å². The first-order chi connectivity index (χ1) is 14.3. The average Bonchev–Trinajstić information content (AvgIpc) is 3.08. The van der Waals surface area contributed by atoms with Crippen LogP contribution in [-0.4, -0.2) is 79.4 Å². The van der Waals surface area contributed by atoms with Crippen molar-refractivity contribution in [2.45, 2.75) is 51.2 Å². The molecule has 0 bridgehead atoms. The number of carbonyl (C=O) groups excluding carboxylic acids is 1. The first kappa shape index (κ1) is 21.9. The number of fused-ring (bicyclic) bond motifs is 1. The summed E-state index contributed by atoms with van der Waals surface area (Å²) < 4.78 is 0. The van der Waals surface area contributed by atoms with Gasteiger partial charge in [-0.3, -0.25) is 24.2 Å². The molecule has 162 valence electrons. The van der Waals surface area contributed by atoms with E-state index in [0.29, 0.717) is 12.4 Å². The van der Waals surface area contributed by atoms with Crippen LogP contribution in [0.4, 0.5) is 0 Å². The summed E-state index contributed by atoms with van der Waals surface area (Å²) in [4.78, 5) is 46.1. The van der Waals surface area contributed by atoms with E-state index in [2.05, 4.69) is 9.97 Å². The summed E-state index contributed by atoms with van der Waals surface area (Å²) in [5, 5.41) is 18.9. The van der Waals surface area contributed by atoms with Gasteiger partial charge in [0.2, 0.25) is 0 Å². The molecule has 0 aliphatic heterocycles. The Balaban J connectivity index is 1.87. The Morgan fingerprint density at radius 1 is 1.00 bits per heavy atom. The van der Waals surface area contributed by atoms with Gasteiger partial charge in [-0.05, 0) is 31.9 Å². The molecule has 1 aliphatic rings. The Hall–Kier alpha value is -2.78. The van der Waals surface area contributed by atoms with Gasteiger partial charge in [-0.1, -0.05) is 25.0 Å². The van der Waals surface area contributed by atoms with Gasteiger partial charge in [0, 0.05) is 12.1 Å². The van der Waals surface area contributed by atoms with Gasteiger partial charge in [0.15, 0.2) is 0 Å². The molecule has 1 aromatic heterocycles. The molecule has 0 spiro atoms. The fourth-order valence-electron chi connectivity index (χ4n) is 4.43. The lowest BCUT2D eigenvalue weighted by Crippen LogP contribution is -2.56. The number of carbonyl (C=O) groups is 3. The van der Waals surface area contributed by atoms with Gasteiger partial charge >= 0.3 is 11.9 Å². The predicted molar refractivity (Wildman–Crippen MR) is 110 cm³/mol. The molecule has 1 aromatic carbocycles. The number of imidazole rings is 1. The van der Waals surface area contributed by atoms with E-state index in [1.165, 1.54) is 6.92 Å². The SMILES string of the molecule is CC(=O)CN(CC(=O)O)C1CCCC[C@@H]1N(CC(=O)O)Cc1nc2ccccc2[nH]1. The summed E-state index contributed by atoms with van der Waals surface area (Å²) in [7, 11) is 0. The van der Waals surface area contributed by atoms with E-state index >= 15 is 0 Å². The van der Waals surface area contributed by atoms with Crippen molar-refractivity contribution in [3.8, 4) is 0 Å². The molecule has 1 unspecified atom stereocenters. The summed E-state index contributed by atoms with van der Waals surface area (Å²) in [5.41, 5.74) is 1.69. The molecule has 9 heteroatoms. The molecular formula is C21H28N4O5. The molecule has 1 fully saturated rings. The Kier molecular flexibility index (Phi) is 7.17. The van der Waals surface area contributed by atoms with E-state index in [4.69, 9.17) is 0 Å². The van der Waals surface area contributed by atoms with Crippen molar-refractivity contribution < 1.29 is 24.6 Å². The summed E-state index contributed by atoms with van der Waals surface area (Å²) in [6, 6.07) is 7.22. The predicted octanol–water partition coefficient (Wildman–Crippen LogP) is 1.74. The van der Waals surface area contributed by atoms with Crippen LogP contribution in [0.1, 0.15) is 38.4 Å². The van der Waals surface area contributed by atoms with Crippen molar-refractivity contribution >= 4 is 28.8 Å². The molecule has 1 heterocycles. The Labute approximate surface area is 174 Å². The van der Waals surface area contributed by atoms with Crippen LogP contribution in [0.3, 0.4) is 0 Å². The second-order valence-electron chi connectivity index (χ2n) is 7.92. The highest BCUT2D eigenvalue weighted by Crippen LogP contribution is 2.28. The topological polar surface area (TPSA) is 127 Å². The van der Waals surface area contributed by atoms with E-state index in [0.717, 1.165) is 36.7 Å². The summed E-state index contributed by atoms with van der Waals surface area (Å²) >= 11 is 0. The number of nitrogens with zero attached hydrogens (tertiary/aromatic N) is 3. The number of H-pyrrole nitrogens is 1. The van der Waals surface area contributed by atoms with Gasteiger partial charge in [-0.15, -0.1) is 0 Å². The number of aromatic amines is 1. The molecule has 9 nitrogen and oxygen atoms in total. The lowest BCUT2D eigenvalue weighted by molar-refractivity contribution is -0.143. The second kappa shape index (κ2) is 9.82. The van der Waals surface area contributed by atoms with Gasteiger partial charge in [0.25, 0.3) is 0 Å². The monoisotopic (exact) mass is 416 g/mol. The molecule has 3 N–H and O–H groups in total. The maximum Gasteiger partial charge on any atom is 0.317 e. The van der Waals surface area contributed by atoms with Crippen molar-refractivity contribution in [2.75, 3.05) is 19.6 Å². The molecule has 0 saturated heterocycles. The molecule has 2 aromatic rings. The van der Waals surface area contributed by atoms with Crippen molar-refractivity contribution in [1.29, 1.82) is 0 Å². The maximum absolute atomic E-state index is 11.8. The van der Waals surface area contributed by atoms with Crippen molar-refractivity contribution in [1.82, 2.24) is 19.8 Å². The molecule has 1 aliphatic carbocycles. The number of para-hydroxylation sites is 2. The number of carboxylic acids is 2. The van der Waals surface area contributed by atoms with Gasteiger partial charge in [0.05, 0.1) is 37.2 Å². The number of hydrogen-bond acceptors (Lipinski definition) is 6. The van der Waals surface area contributed by atoms with Crippen LogP contribution in [-0.2, 0) is 20.9 Å². The first-order valence-electron chi connectivity index (χ1n) is 10.2. The lowest BCUT2D eigenvalue weighted by atomic mass is 9.87. The molecule has 3 rings (SSSR count). The normalized spacial score (nSPS) is 19.4. The van der Waals surface area contributed by atoms with Gasteiger partial charge in [0.1, 0.15) is 11.6 Å². The molecule has 2 atom stereocenters. The molecule has 30 heavy (non-hydrogen) atoms. The van der Waals surface area contributed by atoms with Gasteiger partial charge in [-0.25, -0.2) is 4.98 Å². The number of Topliss-reactive ketones (excluding diaryl/α,β-unsaturated/α-hetero) is 1. The number of rotatable bonds is 10. The number of hydrogen-bond donors (Lipinski definition) is 3. The highest BCUT2D eigenvalue weighted by Gasteiger charge is 2.36. The third-order valence-corrected chi connectivity index (χ3v) is 5.53. The quantitative estimate of drug-likeness (QED) is 0.534. The standard InChI is InChI=1S/C21H28N4O5/c1-14(26)10-24(12-20(27)28)17-8-4-5-9-18(17)25(13-21(29)30)11-19-22-15-6-2-3-7-16(15)23-19/h2-3,6-7,17-18H,4-5,8-13H2,1H3,(H,22,23)(H,27,28)(H,29,30)/t17?,18-/m0/s1. The van der Waals surface area contributed by atoms with Crippen LogP contribution in [0.2, 0.25) is 0 Å². The van der Waals surface area contributed by atoms with Crippen LogP contribution in [0.15, 0.2) is 24.3 Å². The smallest absolute Gasteiger partial charge is 0.317 e. The second-order valence-corrected chi connectivity index (χ2v) is 7.92. The zero-order valence-electron chi connectivity index (χ0n) is 17.1. The third kappa shape index (κ3) is 5.64. The Bertz CT molecular complexity index is 863. The number of carboxylic acid groups (broad SMARTS) is 2. The van der Waals surface area contributed by atoms with Crippen LogP contribution in [0.25, 0.3) is 11.0 Å². The minimum Gasteiger partial charge on any atom is -0.480 e. The minimum atomic E-state index is -0.998. The molecule has 1 saturated carbocycles.